The first-order valence-electron chi connectivity index (χ1n) is 7.61. The summed E-state index contributed by atoms with van der Waals surface area (Å²) in [5, 5.41) is 10.2. The number of nitrogens with two attached hydrogens (primary N) is 1. The van der Waals surface area contributed by atoms with Gasteiger partial charge < -0.3 is 0 Å². The summed E-state index contributed by atoms with van der Waals surface area (Å²) in [5.41, 5.74) is 3.91. The van der Waals surface area contributed by atoms with Gasteiger partial charge in [0.2, 0.25) is 0 Å². The van der Waals surface area contributed by atoms with Crippen molar-refractivity contribution in [3.8, 4) is 11.3 Å². The molecule has 2 aromatic heterocycles. The van der Waals surface area contributed by atoms with E-state index in [0.717, 1.165) is 28.9 Å². The van der Waals surface area contributed by atoms with Gasteiger partial charge in [0, 0.05) is 23.2 Å². The van der Waals surface area contributed by atoms with Crippen LogP contribution in [0.4, 0.5) is 0 Å². The molecular formula is C17H20N4OS. The smallest absolute Gasteiger partial charge is 0.153 e. The molecule has 0 saturated carbocycles. The van der Waals surface area contributed by atoms with E-state index in [2.05, 4.69) is 18.0 Å². The highest BCUT2D eigenvalue weighted by Gasteiger charge is 2.19. The lowest BCUT2D eigenvalue weighted by Crippen LogP contribution is -2.20. The quantitative estimate of drug-likeness (QED) is 0.782. The number of rotatable bonds is 5. The summed E-state index contributed by atoms with van der Waals surface area (Å²) in [7, 11) is -1.32. The lowest BCUT2D eigenvalue weighted by Gasteiger charge is -2.18. The van der Waals surface area contributed by atoms with Crippen molar-refractivity contribution >= 4 is 16.6 Å². The minimum atomic E-state index is -1.32. The molecule has 0 aliphatic carbocycles. The van der Waals surface area contributed by atoms with Gasteiger partial charge in [0.25, 0.3) is 0 Å². The highest BCUT2D eigenvalue weighted by atomic mass is 32.2. The molecule has 0 saturated heterocycles. The Labute approximate surface area is 138 Å². The van der Waals surface area contributed by atoms with Crippen LogP contribution in [0.25, 0.3) is 16.9 Å². The zero-order chi connectivity index (χ0) is 16.4. The standard InChI is InChI=1S/C17H20N4OS/c1-12(10-13(2)23(18)22)15-11-16-19-8-9-21(16)20-17(15)14-6-4-3-5-7-14/h3-9,11-13H,10,18H2,1-2H3/t12-,13?,23?/m0/s1. The van der Waals surface area contributed by atoms with Crippen molar-refractivity contribution in [1.29, 1.82) is 0 Å². The highest BCUT2D eigenvalue weighted by Crippen LogP contribution is 2.31. The number of hydrogen-bond donors (Lipinski definition) is 1. The Kier molecular flexibility index (Phi) is 4.54. The Bertz CT molecular complexity index is 831. The van der Waals surface area contributed by atoms with Crippen LogP contribution in [0.3, 0.4) is 0 Å². The summed E-state index contributed by atoms with van der Waals surface area (Å²) < 4.78 is 13.3. The van der Waals surface area contributed by atoms with Gasteiger partial charge in [0.1, 0.15) is 0 Å². The van der Waals surface area contributed by atoms with E-state index in [1.165, 1.54) is 0 Å². The first-order chi connectivity index (χ1) is 11.1. The van der Waals surface area contributed by atoms with Crippen molar-refractivity contribution in [2.75, 3.05) is 0 Å². The van der Waals surface area contributed by atoms with Crippen molar-refractivity contribution in [3.05, 3.63) is 54.4 Å². The lowest BCUT2D eigenvalue weighted by molar-refractivity contribution is 0.634. The first-order valence-corrected chi connectivity index (χ1v) is 8.88. The zero-order valence-corrected chi connectivity index (χ0v) is 14.0. The predicted octanol–water partition coefficient (Wildman–Crippen LogP) is 2.90. The molecule has 0 aliphatic rings. The Morgan fingerprint density at radius 2 is 2.00 bits per heavy atom. The molecule has 120 valence electrons. The lowest BCUT2D eigenvalue weighted by atomic mass is 9.93. The average Bonchev–Trinajstić information content (AvgIpc) is 3.01. The Hall–Kier alpha value is -2.05. The third kappa shape index (κ3) is 3.33. The summed E-state index contributed by atoms with van der Waals surface area (Å²) in [6.07, 6.45) is 4.32. The third-order valence-electron chi connectivity index (χ3n) is 4.08. The Balaban J connectivity index is 2.08. The van der Waals surface area contributed by atoms with E-state index in [0.29, 0.717) is 0 Å². The van der Waals surface area contributed by atoms with Crippen molar-refractivity contribution < 1.29 is 4.21 Å². The van der Waals surface area contributed by atoms with Gasteiger partial charge in [-0.2, -0.15) is 5.10 Å². The molecule has 2 N–H and O–H groups in total. The molecule has 2 unspecified atom stereocenters. The number of imidazole rings is 1. The maximum Gasteiger partial charge on any atom is 0.153 e. The Morgan fingerprint density at radius 3 is 2.70 bits per heavy atom. The fraction of sp³-hybridized carbons (Fsp3) is 0.294. The van der Waals surface area contributed by atoms with Gasteiger partial charge in [-0.15, -0.1) is 0 Å². The van der Waals surface area contributed by atoms with Crippen LogP contribution in [0, 0.1) is 0 Å². The van der Waals surface area contributed by atoms with Gasteiger partial charge in [-0.1, -0.05) is 37.3 Å². The van der Waals surface area contributed by atoms with E-state index in [4.69, 9.17) is 10.2 Å². The van der Waals surface area contributed by atoms with E-state index in [9.17, 15) is 4.21 Å². The maximum atomic E-state index is 11.5. The van der Waals surface area contributed by atoms with E-state index < -0.39 is 11.0 Å². The van der Waals surface area contributed by atoms with Crippen molar-refractivity contribution in [2.24, 2.45) is 5.14 Å². The topological polar surface area (TPSA) is 73.3 Å². The monoisotopic (exact) mass is 328 g/mol. The molecule has 3 atom stereocenters. The molecule has 0 amide bonds. The molecule has 0 fully saturated rings. The molecule has 1 aromatic carbocycles. The normalized spacial score (nSPS) is 15.4. The predicted molar refractivity (Wildman–Crippen MR) is 93.2 cm³/mol. The van der Waals surface area contributed by atoms with Crippen LogP contribution in [0.2, 0.25) is 0 Å². The molecule has 0 aliphatic heterocycles. The SMILES string of the molecule is CC(C[C@H](C)c1cc2nccn2nc1-c1ccccc1)S(N)=O. The zero-order valence-electron chi connectivity index (χ0n) is 13.2. The van der Waals surface area contributed by atoms with Gasteiger partial charge in [0.15, 0.2) is 5.65 Å². The minimum Gasteiger partial charge on any atom is -0.252 e. The molecule has 3 rings (SSSR count). The number of hydrogen-bond acceptors (Lipinski definition) is 3. The van der Waals surface area contributed by atoms with Gasteiger partial charge in [-0.05, 0) is 30.9 Å². The summed E-state index contributed by atoms with van der Waals surface area (Å²) in [4.78, 5) is 4.33. The van der Waals surface area contributed by atoms with Crippen LogP contribution in [-0.4, -0.2) is 24.1 Å². The largest absolute Gasteiger partial charge is 0.252 e. The van der Waals surface area contributed by atoms with Crippen LogP contribution in [0.15, 0.2) is 48.8 Å². The molecule has 0 bridgehead atoms. The molecule has 23 heavy (non-hydrogen) atoms. The van der Waals surface area contributed by atoms with E-state index in [1.807, 2.05) is 43.5 Å². The highest BCUT2D eigenvalue weighted by molar-refractivity contribution is 7.83. The van der Waals surface area contributed by atoms with Gasteiger partial charge in [0.05, 0.1) is 16.7 Å². The van der Waals surface area contributed by atoms with Gasteiger partial charge in [-0.3, -0.25) is 5.14 Å². The maximum absolute atomic E-state index is 11.5. The molecular weight excluding hydrogens is 308 g/mol. The third-order valence-corrected chi connectivity index (χ3v) is 5.06. The van der Waals surface area contributed by atoms with Crippen LogP contribution in [0.1, 0.15) is 31.7 Å². The fourth-order valence-electron chi connectivity index (χ4n) is 2.79. The number of benzene rings is 1. The molecule has 2 heterocycles. The Morgan fingerprint density at radius 1 is 1.26 bits per heavy atom. The fourth-order valence-corrected chi connectivity index (χ4v) is 3.26. The van der Waals surface area contributed by atoms with Gasteiger partial charge in [-0.25, -0.2) is 13.7 Å². The second kappa shape index (κ2) is 6.60. The van der Waals surface area contributed by atoms with E-state index >= 15 is 0 Å². The van der Waals surface area contributed by atoms with Gasteiger partial charge >= 0.3 is 0 Å². The summed E-state index contributed by atoms with van der Waals surface area (Å²) >= 11 is 0. The minimum absolute atomic E-state index is 0.0652. The number of aromatic nitrogens is 3. The average molecular weight is 328 g/mol. The van der Waals surface area contributed by atoms with Crippen LogP contribution >= 0.6 is 0 Å². The molecule has 5 nitrogen and oxygen atoms in total. The first kappa shape index (κ1) is 15.8. The van der Waals surface area contributed by atoms with E-state index in [1.54, 1.807) is 10.7 Å². The molecule has 0 radical (unpaired) electrons. The number of nitrogens with zero attached hydrogens (tertiary/aromatic N) is 3. The van der Waals surface area contributed by atoms with Crippen molar-refractivity contribution in [2.45, 2.75) is 31.4 Å². The second-order valence-electron chi connectivity index (χ2n) is 5.82. The molecule has 0 spiro atoms. The summed E-state index contributed by atoms with van der Waals surface area (Å²) in [6, 6.07) is 12.1. The van der Waals surface area contributed by atoms with Crippen LogP contribution in [0.5, 0.6) is 0 Å². The van der Waals surface area contributed by atoms with Crippen LogP contribution < -0.4 is 5.14 Å². The molecule has 6 heteroatoms. The summed E-state index contributed by atoms with van der Waals surface area (Å²) in [6.45, 7) is 4.03. The van der Waals surface area contributed by atoms with Crippen molar-refractivity contribution in [1.82, 2.24) is 14.6 Å². The van der Waals surface area contributed by atoms with Crippen LogP contribution in [-0.2, 0) is 11.0 Å². The van der Waals surface area contributed by atoms with Crippen molar-refractivity contribution in [3.63, 3.8) is 0 Å². The second-order valence-corrected chi connectivity index (χ2v) is 7.28. The summed E-state index contributed by atoms with van der Waals surface area (Å²) in [5.74, 6) is 0.182. The molecule has 3 aromatic rings. The van der Waals surface area contributed by atoms with E-state index in [-0.39, 0.29) is 11.2 Å². The number of fused-ring (bicyclic) bond motifs is 1.